The molecule has 0 saturated heterocycles. The number of hydrogen-bond donors (Lipinski definition) is 1. The number of rotatable bonds is 9. The van der Waals surface area contributed by atoms with Gasteiger partial charge in [-0.15, -0.1) is 0 Å². The summed E-state index contributed by atoms with van der Waals surface area (Å²) in [6.45, 7) is 1.54. The second-order valence-electron chi connectivity index (χ2n) is 7.21. The molecule has 7 heteroatoms. The number of carboxylic acids is 1. The maximum absolute atomic E-state index is 12.9. The number of carboxylic acid groups (broad SMARTS) is 1. The van der Waals surface area contributed by atoms with Gasteiger partial charge in [0.1, 0.15) is 29.6 Å². The number of aliphatic carboxylic acids is 1. The van der Waals surface area contributed by atoms with Crippen LogP contribution in [0.1, 0.15) is 27.4 Å². The molecule has 0 aliphatic rings. The van der Waals surface area contributed by atoms with Gasteiger partial charge in [-0.2, -0.15) is 0 Å². The molecule has 0 amide bonds. The van der Waals surface area contributed by atoms with Crippen LogP contribution in [0.5, 0.6) is 11.5 Å². The van der Waals surface area contributed by atoms with Gasteiger partial charge in [0, 0.05) is 11.1 Å². The van der Waals surface area contributed by atoms with Crippen LogP contribution in [-0.2, 0) is 11.4 Å². The molecule has 0 unspecified atom stereocenters. The average molecular weight is 443 g/mol. The highest BCUT2D eigenvalue weighted by Crippen LogP contribution is 2.25. The van der Waals surface area contributed by atoms with Crippen LogP contribution in [0, 0.1) is 6.92 Å². The van der Waals surface area contributed by atoms with Crippen molar-refractivity contribution >= 4 is 11.8 Å². The highest BCUT2D eigenvalue weighted by atomic mass is 16.5. The fourth-order valence-electron chi connectivity index (χ4n) is 3.20. The highest BCUT2D eigenvalue weighted by Gasteiger charge is 2.16. The summed E-state index contributed by atoms with van der Waals surface area (Å²) in [7, 11) is 0. The lowest BCUT2D eigenvalue weighted by Crippen LogP contribution is -2.12. The van der Waals surface area contributed by atoms with Crippen molar-refractivity contribution < 1.29 is 28.6 Å². The number of aryl methyl sites for hydroxylation is 1. The van der Waals surface area contributed by atoms with Gasteiger partial charge in [0.15, 0.2) is 12.4 Å². The van der Waals surface area contributed by atoms with Gasteiger partial charge >= 0.3 is 5.97 Å². The average Bonchev–Trinajstić information content (AvgIpc) is 3.22. The first-order chi connectivity index (χ1) is 16.0. The molecule has 1 N–H and O–H groups in total. The molecule has 0 bridgehead atoms. The van der Waals surface area contributed by atoms with Gasteiger partial charge in [-0.05, 0) is 55.5 Å². The number of ketones is 1. The number of nitrogens with zero attached hydrogens (tertiary/aromatic N) is 1. The first-order valence-electron chi connectivity index (χ1n) is 10.2. The second-order valence-corrected chi connectivity index (χ2v) is 7.21. The molecule has 166 valence electrons. The minimum Gasteiger partial charge on any atom is -0.487 e. The number of oxazole rings is 1. The lowest BCUT2D eigenvalue weighted by Gasteiger charge is -2.10. The SMILES string of the molecule is Cc1oc(-c2ccccc2)nc1COc1ccc(C(=O)c2ccccc2OCC(=O)O)cc1. The molecule has 0 spiro atoms. The Morgan fingerprint density at radius 1 is 0.909 bits per heavy atom. The maximum Gasteiger partial charge on any atom is 0.341 e. The number of carbonyl (C=O) groups is 2. The van der Waals surface area contributed by atoms with E-state index in [-0.39, 0.29) is 18.1 Å². The zero-order valence-corrected chi connectivity index (χ0v) is 17.9. The van der Waals surface area contributed by atoms with E-state index in [1.54, 1.807) is 48.5 Å². The van der Waals surface area contributed by atoms with Crippen LogP contribution >= 0.6 is 0 Å². The van der Waals surface area contributed by atoms with Crippen LogP contribution in [0.3, 0.4) is 0 Å². The topological polar surface area (TPSA) is 98.9 Å². The van der Waals surface area contributed by atoms with Crippen LogP contribution in [0.4, 0.5) is 0 Å². The molecule has 0 radical (unpaired) electrons. The third kappa shape index (κ3) is 5.27. The first-order valence-corrected chi connectivity index (χ1v) is 10.2. The smallest absolute Gasteiger partial charge is 0.341 e. The molecule has 3 aromatic carbocycles. The summed E-state index contributed by atoms with van der Waals surface area (Å²) in [4.78, 5) is 28.2. The van der Waals surface area contributed by atoms with Crippen molar-refractivity contribution in [2.45, 2.75) is 13.5 Å². The molecule has 4 aromatic rings. The molecular weight excluding hydrogens is 422 g/mol. The summed E-state index contributed by atoms with van der Waals surface area (Å²) in [5, 5.41) is 8.83. The number of benzene rings is 3. The molecule has 0 saturated carbocycles. The van der Waals surface area contributed by atoms with Gasteiger partial charge in [-0.1, -0.05) is 30.3 Å². The molecule has 0 aliphatic heterocycles. The Hall–Kier alpha value is -4.39. The van der Waals surface area contributed by atoms with E-state index in [1.807, 2.05) is 37.3 Å². The van der Waals surface area contributed by atoms with Gasteiger partial charge in [-0.3, -0.25) is 4.79 Å². The fraction of sp³-hybridized carbons (Fsp3) is 0.115. The summed E-state index contributed by atoms with van der Waals surface area (Å²) in [6, 6.07) is 22.9. The van der Waals surface area contributed by atoms with E-state index in [1.165, 1.54) is 0 Å². The van der Waals surface area contributed by atoms with Crippen molar-refractivity contribution in [3.8, 4) is 23.0 Å². The highest BCUT2D eigenvalue weighted by molar-refractivity contribution is 6.10. The molecule has 33 heavy (non-hydrogen) atoms. The second kappa shape index (κ2) is 9.82. The number of aromatic nitrogens is 1. The van der Waals surface area contributed by atoms with Gasteiger partial charge in [0.05, 0.1) is 5.56 Å². The predicted octanol–water partition coefficient (Wildman–Crippen LogP) is 4.92. The summed E-state index contributed by atoms with van der Waals surface area (Å²) < 4.78 is 16.8. The number of hydrogen-bond acceptors (Lipinski definition) is 6. The molecule has 0 aliphatic carbocycles. The quantitative estimate of drug-likeness (QED) is 0.367. The Morgan fingerprint density at radius 3 is 2.33 bits per heavy atom. The fourth-order valence-corrected chi connectivity index (χ4v) is 3.20. The monoisotopic (exact) mass is 443 g/mol. The number of ether oxygens (including phenoxy) is 2. The molecule has 1 heterocycles. The molecular formula is C26H21NO6. The first kappa shape index (κ1) is 21.8. The zero-order valence-electron chi connectivity index (χ0n) is 17.9. The number of carbonyl (C=O) groups excluding carboxylic acids is 1. The van der Waals surface area contributed by atoms with E-state index in [0.29, 0.717) is 34.2 Å². The Bertz CT molecular complexity index is 1260. The van der Waals surface area contributed by atoms with Gasteiger partial charge in [-0.25, -0.2) is 9.78 Å². The van der Waals surface area contributed by atoms with Gasteiger partial charge in [0.2, 0.25) is 5.89 Å². The van der Waals surface area contributed by atoms with Crippen molar-refractivity contribution in [2.24, 2.45) is 0 Å². The molecule has 1 aromatic heterocycles. The number of para-hydroxylation sites is 1. The minimum atomic E-state index is -1.11. The minimum absolute atomic E-state index is 0.223. The summed E-state index contributed by atoms with van der Waals surface area (Å²) in [5.74, 6) is 0.626. The van der Waals surface area contributed by atoms with Crippen LogP contribution in [0.25, 0.3) is 11.5 Å². The van der Waals surface area contributed by atoms with E-state index in [4.69, 9.17) is 19.0 Å². The van der Waals surface area contributed by atoms with Crippen molar-refractivity contribution in [3.63, 3.8) is 0 Å². The van der Waals surface area contributed by atoms with E-state index in [9.17, 15) is 9.59 Å². The normalized spacial score (nSPS) is 10.6. The van der Waals surface area contributed by atoms with Crippen molar-refractivity contribution in [1.29, 1.82) is 0 Å². The summed E-state index contributed by atoms with van der Waals surface area (Å²) in [6.07, 6.45) is 0. The van der Waals surface area contributed by atoms with Crippen LogP contribution < -0.4 is 9.47 Å². The largest absolute Gasteiger partial charge is 0.487 e. The molecule has 0 fully saturated rings. The van der Waals surface area contributed by atoms with Crippen LogP contribution in [-0.4, -0.2) is 28.4 Å². The third-order valence-electron chi connectivity index (χ3n) is 4.89. The Labute approximate surface area is 190 Å². The molecule has 7 nitrogen and oxygen atoms in total. The van der Waals surface area contributed by atoms with Crippen LogP contribution in [0.15, 0.2) is 83.3 Å². The van der Waals surface area contributed by atoms with Crippen molar-refractivity contribution in [3.05, 3.63) is 101 Å². The van der Waals surface area contributed by atoms with E-state index in [0.717, 1.165) is 5.56 Å². The molecule has 0 atom stereocenters. The standard InChI is InChI=1S/C26H21NO6/c1-17-22(27-26(33-17)19-7-3-2-4-8-19)15-31-20-13-11-18(12-14-20)25(30)21-9-5-6-10-23(21)32-16-24(28)29/h2-14H,15-16H2,1H3,(H,28,29). The Kier molecular flexibility index (Phi) is 6.50. The third-order valence-corrected chi connectivity index (χ3v) is 4.89. The summed E-state index contributed by atoms with van der Waals surface area (Å²) >= 11 is 0. The lowest BCUT2D eigenvalue weighted by atomic mass is 10.0. The van der Waals surface area contributed by atoms with Gasteiger partial charge < -0.3 is 19.0 Å². The van der Waals surface area contributed by atoms with E-state index < -0.39 is 12.6 Å². The van der Waals surface area contributed by atoms with Crippen molar-refractivity contribution in [2.75, 3.05) is 6.61 Å². The Balaban J connectivity index is 1.43. The van der Waals surface area contributed by atoms with Crippen molar-refractivity contribution in [1.82, 2.24) is 4.98 Å². The van der Waals surface area contributed by atoms with Gasteiger partial charge in [0.25, 0.3) is 0 Å². The Morgan fingerprint density at radius 2 is 1.61 bits per heavy atom. The summed E-state index contributed by atoms with van der Waals surface area (Å²) in [5.41, 5.74) is 2.30. The zero-order chi connectivity index (χ0) is 23.2. The van der Waals surface area contributed by atoms with E-state index >= 15 is 0 Å². The molecule has 4 rings (SSSR count). The predicted molar refractivity (Wildman–Crippen MR) is 120 cm³/mol. The van der Waals surface area contributed by atoms with E-state index in [2.05, 4.69) is 4.98 Å². The van der Waals surface area contributed by atoms with Crippen LogP contribution in [0.2, 0.25) is 0 Å². The lowest BCUT2D eigenvalue weighted by molar-refractivity contribution is -0.139. The maximum atomic E-state index is 12.9.